The van der Waals surface area contributed by atoms with Gasteiger partial charge in [-0.25, -0.2) is 0 Å². The third-order valence-corrected chi connectivity index (χ3v) is 3.09. The van der Waals surface area contributed by atoms with Gasteiger partial charge in [0.2, 0.25) is 0 Å². The molecule has 0 unspecified atom stereocenters. The van der Waals surface area contributed by atoms with Gasteiger partial charge < -0.3 is 0 Å². The summed E-state index contributed by atoms with van der Waals surface area (Å²) >= 11 is 0. The summed E-state index contributed by atoms with van der Waals surface area (Å²) in [6, 6.07) is 22.3. The first-order valence-electron chi connectivity index (χ1n) is 6.21. The van der Waals surface area contributed by atoms with Crippen molar-refractivity contribution in [3.63, 3.8) is 0 Å². The Bertz CT molecular complexity index is 678. The van der Waals surface area contributed by atoms with Gasteiger partial charge in [-0.05, 0) is 17.2 Å². The van der Waals surface area contributed by atoms with Crippen LogP contribution in [0.15, 0.2) is 72.9 Å². The maximum atomic E-state index is 6.04. The molecule has 3 aromatic rings. The Hall–Kier alpha value is -2.35. The van der Waals surface area contributed by atoms with Crippen LogP contribution in [0.2, 0.25) is 0 Å². The molecule has 2 aromatic carbocycles. The molecule has 0 aliphatic heterocycles. The van der Waals surface area contributed by atoms with E-state index in [-0.39, 0.29) is 0 Å². The largest absolute Gasteiger partial charge is 0.257 e. The molecular formula is C17H12BN. The SMILES string of the molecule is [B]c1cnc(-c2ccccc2)cc1-c1ccccc1. The van der Waals surface area contributed by atoms with E-state index in [4.69, 9.17) is 7.85 Å². The number of hydrogen-bond acceptors (Lipinski definition) is 1. The molecule has 0 N–H and O–H groups in total. The van der Waals surface area contributed by atoms with Crippen LogP contribution in [0.4, 0.5) is 0 Å². The molecule has 0 saturated heterocycles. The van der Waals surface area contributed by atoms with Crippen LogP contribution in [0.1, 0.15) is 0 Å². The average Bonchev–Trinajstić information content (AvgIpc) is 2.49. The normalized spacial score (nSPS) is 10.3. The summed E-state index contributed by atoms with van der Waals surface area (Å²) in [5.74, 6) is 0. The molecule has 19 heavy (non-hydrogen) atoms. The predicted molar refractivity (Wildman–Crippen MR) is 80.5 cm³/mol. The molecule has 2 heteroatoms. The van der Waals surface area contributed by atoms with Crippen LogP contribution in [-0.4, -0.2) is 12.8 Å². The summed E-state index contributed by atoms with van der Waals surface area (Å²) in [6.07, 6.45) is 1.73. The predicted octanol–water partition coefficient (Wildman–Crippen LogP) is 3.21. The highest BCUT2D eigenvalue weighted by Crippen LogP contribution is 2.22. The van der Waals surface area contributed by atoms with Gasteiger partial charge in [0.05, 0.1) is 5.69 Å². The van der Waals surface area contributed by atoms with Gasteiger partial charge in [0.1, 0.15) is 7.85 Å². The van der Waals surface area contributed by atoms with Gasteiger partial charge in [-0.3, -0.25) is 4.98 Å². The van der Waals surface area contributed by atoms with Crippen LogP contribution in [-0.2, 0) is 0 Å². The minimum atomic E-state index is 0.700. The number of rotatable bonds is 2. The van der Waals surface area contributed by atoms with Gasteiger partial charge in [0.15, 0.2) is 0 Å². The zero-order valence-corrected chi connectivity index (χ0v) is 10.5. The van der Waals surface area contributed by atoms with Crippen molar-refractivity contribution in [2.45, 2.75) is 0 Å². The lowest BCUT2D eigenvalue weighted by Crippen LogP contribution is -2.08. The monoisotopic (exact) mass is 241 g/mol. The summed E-state index contributed by atoms with van der Waals surface area (Å²) in [7, 11) is 6.04. The first-order chi connectivity index (χ1) is 9.34. The van der Waals surface area contributed by atoms with E-state index in [0.717, 1.165) is 22.4 Å². The molecule has 0 aliphatic carbocycles. The van der Waals surface area contributed by atoms with Crippen LogP contribution >= 0.6 is 0 Å². The Morgan fingerprint density at radius 1 is 0.737 bits per heavy atom. The third-order valence-electron chi connectivity index (χ3n) is 3.09. The van der Waals surface area contributed by atoms with Crippen LogP contribution in [0.3, 0.4) is 0 Å². The van der Waals surface area contributed by atoms with Gasteiger partial charge in [-0.2, -0.15) is 0 Å². The second-order valence-electron chi connectivity index (χ2n) is 4.39. The van der Waals surface area contributed by atoms with E-state index in [1.165, 1.54) is 0 Å². The van der Waals surface area contributed by atoms with Crippen molar-refractivity contribution in [3.8, 4) is 22.4 Å². The van der Waals surface area contributed by atoms with Crippen molar-refractivity contribution in [2.75, 3.05) is 0 Å². The van der Waals surface area contributed by atoms with Gasteiger partial charge >= 0.3 is 0 Å². The van der Waals surface area contributed by atoms with Crippen LogP contribution in [0, 0.1) is 0 Å². The van der Waals surface area contributed by atoms with Gasteiger partial charge in [0.25, 0.3) is 0 Å². The maximum absolute atomic E-state index is 6.04. The Morgan fingerprint density at radius 3 is 1.95 bits per heavy atom. The molecule has 0 aliphatic rings. The van der Waals surface area contributed by atoms with Crippen molar-refractivity contribution < 1.29 is 0 Å². The lowest BCUT2D eigenvalue weighted by molar-refractivity contribution is 1.34. The highest BCUT2D eigenvalue weighted by molar-refractivity contribution is 6.35. The fraction of sp³-hybridized carbons (Fsp3) is 0. The van der Waals surface area contributed by atoms with E-state index in [0.29, 0.717) is 5.46 Å². The Balaban J connectivity index is 2.12. The van der Waals surface area contributed by atoms with Crippen molar-refractivity contribution in [2.24, 2.45) is 0 Å². The number of hydrogen-bond donors (Lipinski definition) is 0. The first kappa shape index (κ1) is 11.7. The molecule has 2 radical (unpaired) electrons. The fourth-order valence-electron chi connectivity index (χ4n) is 2.10. The topological polar surface area (TPSA) is 12.9 Å². The van der Waals surface area contributed by atoms with E-state index in [1.807, 2.05) is 54.6 Å². The van der Waals surface area contributed by atoms with Crippen molar-refractivity contribution in [3.05, 3.63) is 72.9 Å². The Kier molecular flexibility index (Phi) is 3.15. The highest BCUT2D eigenvalue weighted by atomic mass is 14.7. The summed E-state index contributed by atoms with van der Waals surface area (Å²) in [6.45, 7) is 0. The maximum Gasteiger partial charge on any atom is 0.116 e. The summed E-state index contributed by atoms with van der Waals surface area (Å²) in [4.78, 5) is 4.41. The number of benzene rings is 2. The number of nitrogens with zero attached hydrogens (tertiary/aromatic N) is 1. The average molecular weight is 241 g/mol. The summed E-state index contributed by atoms with van der Waals surface area (Å²) in [5, 5.41) is 0. The molecule has 0 spiro atoms. The summed E-state index contributed by atoms with van der Waals surface area (Å²) in [5.41, 5.74) is 4.87. The molecule has 0 fully saturated rings. The molecule has 0 amide bonds. The quantitative estimate of drug-likeness (QED) is 0.628. The highest BCUT2D eigenvalue weighted by Gasteiger charge is 2.05. The van der Waals surface area contributed by atoms with Crippen LogP contribution in [0.5, 0.6) is 0 Å². The zero-order chi connectivity index (χ0) is 13.1. The van der Waals surface area contributed by atoms with Crippen LogP contribution < -0.4 is 5.46 Å². The standard InChI is InChI=1S/C17H12BN/c18-16-12-19-17(14-9-5-2-6-10-14)11-15(16)13-7-3-1-4-8-13/h1-12H. The molecule has 0 bridgehead atoms. The molecule has 1 heterocycles. The van der Waals surface area contributed by atoms with Gasteiger partial charge in [-0.1, -0.05) is 66.1 Å². The number of pyridine rings is 1. The summed E-state index contributed by atoms with van der Waals surface area (Å²) < 4.78 is 0. The molecular weight excluding hydrogens is 229 g/mol. The molecule has 1 nitrogen and oxygen atoms in total. The van der Waals surface area contributed by atoms with E-state index < -0.39 is 0 Å². The Labute approximate surface area is 114 Å². The fourth-order valence-corrected chi connectivity index (χ4v) is 2.10. The zero-order valence-electron chi connectivity index (χ0n) is 10.5. The third kappa shape index (κ3) is 2.43. The van der Waals surface area contributed by atoms with Gasteiger partial charge in [-0.15, -0.1) is 0 Å². The van der Waals surface area contributed by atoms with E-state index in [9.17, 15) is 0 Å². The molecule has 88 valence electrons. The van der Waals surface area contributed by atoms with E-state index >= 15 is 0 Å². The van der Waals surface area contributed by atoms with Crippen molar-refractivity contribution >= 4 is 13.3 Å². The van der Waals surface area contributed by atoms with Crippen LogP contribution in [0.25, 0.3) is 22.4 Å². The minimum Gasteiger partial charge on any atom is -0.257 e. The van der Waals surface area contributed by atoms with E-state index in [2.05, 4.69) is 17.1 Å². The Morgan fingerprint density at radius 2 is 1.32 bits per heavy atom. The lowest BCUT2D eigenvalue weighted by Gasteiger charge is -2.09. The van der Waals surface area contributed by atoms with Crippen molar-refractivity contribution in [1.29, 1.82) is 0 Å². The minimum absolute atomic E-state index is 0.700. The van der Waals surface area contributed by atoms with Gasteiger partial charge in [0, 0.05) is 11.8 Å². The molecule has 1 aromatic heterocycles. The number of aromatic nitrogens is 1. The lowest BCUT2D eigenvalue weighted by atomic mass is 9.88. The molecule has 3 rings (SSSR count). The second-order valence-corrected chi connectivity index (χ2v) is 4.39. The molecule has 0 saturated carbocycles. The van der Waals surface area contributed by atoms with Crippen molar-refractivity contribution in [1.82, 2.24) is 4.98 Å². The smallest absolute Gasteiger partial charge is 0.116 e. The molecule has 0 atom stereocenters. The van der Waals surface area contributed by atoms with E-state index in [1.54, 1.807) is 6.20 Å². The first-order valence-corrected chi connectivity index (χ1v) is 6.21. The second kappa shape index (κ2) is 5.11.